The van der Waals surface area contributed by atoms with Crippen LogP contribution >= 0.6 is 0 Å². The predicted molar refractivity (Wildman–Crippen MR) is 200 cm³/mol. The molecule has 0 radical (unpaired) electrons. The van der Waals surface area contributed by atoms with Crippen molar-refractivity contribution in [2.45, 2.75) is 9.79 Å². The Morgan fingerprint density at radius 1 is 0.574 bits per heavy atom. The molecule has 6 aromatic carbocycles. The number of hydrogen-bond acceptors (Lipinski definition) is 9. The van der Waals surface area contributed by atoms with Crippen LogP contribution in [0.25, 0.3) is 56.0 Å². The zero-order valence-corrected chi connectivity index (χ0v) is 29.3. The quantitative estimate of drug-likeness (QED) is 0.0712. The highest BCUT2D eigenvalue weighted by Crippen LogP contribution is 2.33. The van der Waals surface area contributed by atoms with Gasteiger partial charge in [-0.2, -0.15) is 16.8 Å². The number of nitrogens with one attached hydrogen (secondary N) is 2. The van der Waals surface area contributed by atoms with Crippen LogP contribution in [0.15, 0.2) is 137 Å². The predicted octanol–water partition coefficient (Wildman–Crippen LogP) is 7.66. The van der Waals surface area contributed by atoms with Crippen molar-refractivity contribution in [3.8, 4) is 51.2 Å². The fourth-order valence-electron chi connectivity index (χ4n) is 5.97. The van der Waals surface area contributed by atoms with E-state index in [9.17, 15) is 35.8 Å². The van der Waals surface area contributed by atoms with Gasteiger partial charge in [0, 0.05) is 22.3 Å². The minimum absolute atomic E-state index is 0.130. The largest absolute Gasteiger partial charge is 0.508 e. The van der Waals surface area contributed by atoms with E-state index in [1.807, 2.05) is 36.4 Å². The normalized spacial score (nSPS) is 12.0. The van der Waals surface area contributed by atoms with Crippen LogP contribution in [0.5, 0.6) is 17.2 Å². The third-order valence-corrected chi connectivity index (χ3v) is 10.4. The Labute approximate surface area is 307 Å². The Hall–Kier alpha value is -6.65. The van der Waals surface area contributed by atoms with E-state index in [-0.39, 0.29) is 28.4 Å². The molecule has 0 aliphatic carbocycles. The molecule has 54 heavy (non-hydrogen) atoms. The molecule has 0 fully saturated rings. The molecular weight excluding hydrogens is 733 g/mol. The Morgan fingerprint density at radius 3 is 1.67 bits per heavy atom. The maximum Gasteiger partial charge on any atom is 0.298 e. The molecule has 268 valence electrons. The Bertz CT molecular complexity index is 2990. The fraction of sp³-hybridized carbons (Fsp3) is 0. The zero-order valence-electron chi connectivity index (χ0n) is 27.6. The van der Waals surface area contributed by atoms with Crippen molar-refractivity contribution in [1.82, 2.24) is 19.9 Å². The molecule has 0 atom stereocenters. The number of H-pyrrole nitrogens is 2. The zero-order chi connectivity index (χ0) is 37.8. The smallest absolute Gasteiger partial charge is 0.298 e. The van der Waals surface area contributed by atoms with Crippen molar-refractivity contribution in [2.24, 2.45) is 0 Å². The van der Waals surface area contributed by atoms with E-state index in [0.29, 0.717) is 17.2 Å². The van der Waals surface area contributed by atoms with Gasteiger partial charge >= 0.3 is 0 Å². The first-order valence-electron chi connectivity index (χ1n) is 16.1. The highest BCUT2D eigenvalue weighted by Gasteiger charge is 2.22. The molecular formula is C39H26N4O9S2. The van der Waals surface area contributed by atoms with Crippen molar-refractivity contribution in [1.29, 1.82) is 0 Å². The fourth-order valence-corrected chi connectivity index (χ4v) is 7.14. The molecule has 8 rings (SSSR count). The molecule has 0 amide bonds. The first-order valence-corrected chi connectivity index (χ1v) is 19.0. The van der Waals surface area contributed by atoms with Gasteiger partial charge in [0.2, 0.25) is 0 Å². The van der Waals surface area contributed by atoms with Crippen molar-refractivity contribution < 1.29 is 40.6 Å². The maximum absolute atomic E-state index is 13.1. The van der Waals surface area contributed by atoms with Gasteiger partial charge in [-0.1, -0.05) is 24.3 Å². The van der Waals surface area contributed by atoms with Gasteiger partial charge in [0.25, 0.3) is 20.2 Å². The Kier molecular flexibility index (Phi) is 8.34. The van der Waals surface area contributed by atoms with Crippen molar-refractivity contribution in [3.63, 3.8) is 0 Å². The molecule has 0 unspecified atom stereocenters. The summed E-state index contributed by atoms with van der Waals surface area (Å²) in [6.07, 6.45) is 0. The molecule has 5 N–H and O–H groups in total. The number of carbonyl (C=O) groups is 1. The van der Waals surface area contributed by atoms with Gasteiger partial charge in [0.05, 0.1) is 27.0 Å². The standard InChI is InChI=1S/C39H26N4O9S2/c44-28-11-4-22(5-12-28)38-40-31-15-8-24(19-33(31)42-38)25-9-16-32-34(20-25)43-39(41-32)23-6-13-29(14-7-23)52-35-17-10-27(21-36(35)54(49,50)51)37(45)26-2-1-3-30(18-26)53(46,47)48/h1-21,44H,(H,40,42)(H,41,43)(H,46,47,48)(H,49,50,51). The lowest BCUT2D eigenvalue weighted by atomic mass is 10.0. The number of benzene rings is 6. The van der Waals surface area contributed by atoms with E-state index in [1.54, 1.807) is 48.5 Å². The average molecular weight is 759 g/mol. The van der Waals surface area contributed by atoms with Crippen LogP contribution in [-0.4, -0.2) is 56.8 Å². The minimum atomic E-state index is -4.88. The number of imidazole rings is 2. The number of aromatic nitrogens is 4. The molecule has 0 aliphatic rings. The number of aromatic amines is 2. The molecule has 13 nitrogen and oxygen atoms in total. The summed E-state index contributed by atoms with van der Waals surface area (Å²) in [7, 11) is -9.47. The van der Waals surface area contributed by atoms with Crippen molar-refractivity contribution in [3.05, 3.63) is 139 Å². The first-order chi connectivity index (χ1) is 25.8. The molecule has 0 spiro atoms. The van der Waals surface area contributed by atoms with E-state index in [2.05, 4.69) is 9.97 Å². The second-order valence-corrected chi connectivity index (χ2v) is 15.1. The summed E-state index contributed by atoms with van der Waals surface area (Å²) < 4.78 is 72.8. The van der Waals surface area contributed by atoms with E-state index >= 15 is 0 Å². The summed E-state index contributed by atoms with van der Waals surface area (Å²) in [4.78, 5) is 28.0. The number of aromatic hydroxyl groups is 1. The van der Waals surface area contributed by atoms with Gasteiger partial charge in [-0.15, -0.1) is 0 Å². The molecule has 2 aromatic heterocycles. The minimum Gasteiger partial charge on any atom is -0.508 e. The highest BCUT2D eigenvalue weighted by atomic mass is 32.2. The van der Waals surface area contributed by atoms with Crippen LogP contribution in [-0.2, 0) is 20.2 Å². The third kappa shape index (κ3) is 6.82. The van der Waals surface area contributed by atoms with Gasteiger partial charge in [0.15, 0.2) is 5.78 Å². The number of ketones is 1. The SMILES string of the molecule is O=C(c1cccc(S(=O)(=O)O)c1)c1ccc(Oc2ccc(-c3nc4cc(-c5ccc6[nH]c(-c7ccc(O)cc7)nc6c5)ccc4[nH]3)cc2)c(S(=O)(=O)O)c1. The number of carbonyl (C=O) groups excluding carboxylic acids is 1. The topological polar surface area (TPSA) is 213 Å². The van der Waals surface area contributed by atoms with Gasteiger partial charge in [-0.3, -0.25) is 13.9 Å². The number of phenolic OH excluding ortho intramolecular Hbond substituents is 1. The van der Waals surface area contributed by atoms with Crippen LogP contribution in [0.3, 0.4) is 0 Å². The van der Waals surface area contributed by atoms with Crippen molar-refractivity contribution in [2.75, 3.05) is 0 Å². The lowest BCUT2D eigenvalue weighted by Crippen LogP contribution is -2.07. The van der Waals surface area contributed by atoms with Gasteiger partial charge < -0.3 is 19.8 Å². The number of phenols is 1. The van der Waals surface area contributed by atoms with Crippen LogP contribution in [0.1, 0.15) is 15.9 Å². The summed E-state index contributed by atoms with van der Waals surface area (Å²) >= 11 is 0. The van der Waals surface area contributed by atoms with Crippen LogP contribution in [0, 0.1) is 0 Å². The summed E-state index contributed by atoms with van der Waals surface area (Å²) in [6.45, 7) is 0. The van der Waals surface area contributed by atoms with E-state index in [0.717, 1.165) is 57.0 Å². The third-order valence-electron chi connectivity index (χ3n) is 8.67. The van der Waals surface area contributed by atoms with E-state index in [4.69, 9.17) is 14.7 Å². The summed E-state index contributed by atoms with van der Waals surface area (Å²) in [5.74, 6) is 0.673. The second-order valence-electron chi connectivity index (χ2n) is 12.3. The monoisotopic (exact) mass is 758 g/mol. The second kappa shape index (κ2) is 13.1. The van der Waals surface area contributed by atoms with E-state index < -0.39 is 35.8 Å². The van der Waals surface area contributed by atoms with Crippen LogP contribution < -0.4 is 4.74 Å². The van der Waals surface area contributed by atoms with Crippen LogP contribution in [0.2, 0.25) is 0 Å². The first kappa shape index (κ1) is 34.4. The number of nitrogens with zero attached hydrogens (tertiary/aromatic N) is 2. The van der Waals surface area contributed by atoms with Gasteiger partial charge in [-0.05, 0) is 114 Å². The van der Waals surface area contributed by atoms with E-state index in [1.165, 1.54) is 24.3 Å². The molecule has 0 aliphatic heterocycles. The lowest BCUT2D eigenvalue weighted by Gasteiger charge is -2.12. The average Bonchev–Trinajstić information content (AvgIpc) is 3.79. The highest BCUT2D eigenvalue weighted by molar-refractivity contribution is 7.86. The van der Waals surface area contributed by atoms with Crippen LogP contribution in [0.4, 0.5) is 0 Å². The molecule has 0 saturated carbocycles. The Balaban J connectivity index is 1.02. The molecule has 8 aromatic rings. The molecule has 0 saturated heterocycles. The summed E-state index contributed by atoms with van der Waals surface area (Å²) in [6, 6.07) is 33.3. The van der Waals surface area contributed by atoms with Crippen molar-refractivity contribution >= 4 is 48.1 Å². The Morgan fingerprint density at radius 2 is 1.11 bits per heavy atom. The number of rotatable bonds is 9. The maximum atomic E-state index is 13.1. The molecule has 2 heterocycles. The number of ether oxygens (including phenoxy) is 1. The van der Waals surface area contributed by atoms with Gasteiger partial charge in [0.1, 0.15) is 33.8 Å². The number of fused-ring (bicyclic) bond motifs is 2. The lowest BCUT2D eigenvalue weighted by molar-refractivity contribution is 0.103. The molecule has 0 bridgehead atoms. The summed E-state index contributed by atoms with van der Waals surface area (Å²) in [5.41, 5.74) is 6.35. The summed E-state index contributed by atoms with van der Waals surface area (Å²) in [5, 5.41) is 9.61. The molecule has 15 heteroatoms. The van der Waals surface area contributed by atoms with Gasteiger partial charge in [-0.25, -0.2) is 9.97 Å². The number of hydrogen-bond donors (Lipinski definition) is 5.